The van der Waals surface area contributed by atoms with Crippen LogP contribution in [0.25, 0.3) is 0 Å². The molecular formula is C18H41NO4Si2. The standard InChI is InChI=1S/C18H41NO4Si2/c1-9-17(6)22-24(8,21-10-2)16-14-15-19(7)18(20)23-25(11-3,12-4)13-5/h17H,9-16H2,1-8H3. The zero-order valence-electron chi connectivity index (χ0n) is 17.8. The van der Waals surface area contributed by atoms with E-state index in [9.17, 15) is 4.79 Å². The molecular weight excluding hydrogens is 350 g/mol. The minimum Gasteiger partial charge on any atom is -0.503 e. The van der Waals surface area contributed by atoms with Crippen LogP contribution < -0.4 is 0 Å². The smallest absolute Gasteiger partial charge is 0.395 e. The second-order valence-electron chi connectivity index (χ2n) is 7.04. The number of carbonyl (C=O) groups is 1. The van der Waals surface area contributed by atoms with Crippen LogP contribution in [0.5, 0.6) is 0 Å². The highest BCUT2D eigenvalue weighted by atomic mass is 28.4. The fourth-order valence-electron chi connectivity index (χ4n) is 2.94. The van der Waals surface area contributed by atoms with E-state index in [1.165, 1.54) is 0 Å². The van der Waals surface area contributed by atoms with Crippen molar-refractivity contribution in [3.63, 3.8) is 0 Å². The minimum atomic E-state index is -2.17. The summed E-state index contributed by atoms with van der Waals surface area (Å²) in [5, 5.41) is 0. The summed E-state index contributed by atoms with van der Waals surface area (Å²) in [6, 6.07) is 3.84. The highest BCUT2D eigenvalue weighted by Crippen LogP contribution is 2.23. The lowest BCUT2D eigenvalue weighted by molar-refractivity contribution is 0.126. The van der Waals surface area contributed by atoms with Gasteiger partial charge in [-0.2, -0.15) is 0 Å². The second-order valence-corrected chi connectivity index (χ2v) is 15.0. The van der Waals surface area contributed by atoms with Crippen molar-refractivity contribution < 1.29 is 18.1 Å². The first-order chi connectivity index (χ1) is 11.7. The fraction of sp³-hybridized carbons (Fsp3) is 0.944. The van der Waals surface area contributed by atoms with Crippen molar-refractivity contribution in [1.82, 2.24) is 4.90 Å². The van der Waals surface area contributed by atoms with Crippen molar-refractivity contribution in [1.29, 1.82) is 0 Å². The molecule has 0 bridgehead atoms. The van der Waals surface area contributed by atoms with Crippen LogP contribution in [-0.4, -0.2) is 54.2 Å². The van der Waals surface area contributed by atoms with Crippen molar-refractivity contribution in [2.24, 2.45) is 0 Å². The molecule has 0 saturated carbocycles. The first kappa shape index (κ1) is 24.6. The highest BCUT2D eigenvalue weighted by Gasteiger charge is 2.35. The maximum atomic E-state index is 12.4. The molecule has 150 valence electrons. The monoisotopic (exact) mass is 391 g/mol. The lowest BCUT2D eigenvalue weighted by Crippen LogP contribution is -2.44. The summed E-state index contributed by atoms with van der Waals surface area (Å²) in [5.41, 5.74) is 0. The van der Waals surface area contributed by atoms with Gasteiger partial charge in [0.15, 0.2) is 0 Å². The van der Waals surface area contributed by atoms with E-state index in [1.54, 1.807) is 4.90 Å². The average molecular weight is 392 g/mol. The van der Waals surface area contributed by atoms with Gasteiger partial charge in [-0.25, -0.2) is 4.79 Å². The minimum absolute atomic E-state index is 0.167. The van der Waals surface area contributed by atoms with E-state index < -0.39 is 16.9 Å². The van der Waals surface area contributed by atoms with Crippen molar-refractivity contribution >= 4 is 23.0 Å². The first-order valence-electron chi connectivity index (χ1n) is 9.97. The van der Waals surface area contributed by atoms with E-state index in [1.807, 2.05) is 14.0 Å². The van der Waals surface area contributed by atoms with Crippen LogP contribution in [0.3, 0.4) is 0 Å². The molecule has 7 heteroatoms. The molecule has 0 fully saturated rings. The first-order valence-corrected chi connectivity index (χ1v) is 15.0. The molecule has 2 atom stereocenters. The van der Waals surface area contributed by atoms with Gasteiger partial charge in [0, 0.05) is 26.3 Å². The van der Waals surface area contributed by atoms with Crippen molar-refractivity contribution in [3.8, 4) is 0 Å². The van der Waals surface area contributed by atoms with Crippen LogP contribution in [0.15, 0.2) is 0 Å². The highest BCUT2D eigenvalue weighted by molar-refractivity contribution is 6.74. The van der Waals surface area contributed by atoms with Crippen LogP contribution in [0, 0.1) is 0 Å². The average Bonchev–Trinajstić information content (AvgIpc) is 2.59. The predicted molar refractivity (Wildman–Crippen MR) is 110 cm³/mol. The Bertz CT molecular complexity index is 372. The molecule has 0 radical (unpaired) electrons. The number of nitrogens with zero attached hydrogens (tertiary/aromatic N) is 1. The molecule has 0 spiro atoms. The summed E-state index contributed by atoms with van der Waals surface area (Å²) < 4.78 is 18.1. The van der Waals surface area contributed by atoms with Gasteiger partial charge in [0.05, 0.1) is 0 Å². The van der Waals surface area contributed by atoms with Crippen molar-refractivity contribution in [2.75, 3.05) is 20.2 Å². The van der Waals surface area contributed by atoms with Crippen molar-refractivity contribution in [2.45, 2.75) is 91.2 Å². The molecule has 0 rings (SSSR count). The van der Waals surface area contributed by atoms with Crippen LogP contribution in [0.4, 0.5) is 4.79 Å². The zero-order valence-corrected chi connectivity index (χ0v) is 19.8. The summed E-state index contributed by atoms with van der Waals surface area (Å²) in [6.07, 6.45) is 1.92. The van der Waals surface area contributed by atoms with Crippen LogP contribution in [-0.2, 0) is 13.3 Å². The maximum Gasteiger partial charge on any atom is 0.395 e. The maximum absolute atomic E-state index is 12.4. The van der Waals surface area contributed by atoms with E-state index >= 15 is 0 Å². The molecule has 0 aliphatic rings. The zero-order chi connectivity index (χ0) is 19.5. The lowest BCUT2D eigenvalue weighted by Gasteiger charge is -2.32. The molecule has 0 heterocycles. The Kier molecular flexibility index (Phi) is 11.9. The number of carbonyl (C=O) groups excluding carboxylic acids is 1. The molecule has 25 heavy (non-hydrogen) atoms. The quantitative estimate of drug-likeness (QED) is 0.396. The van der Waals surface area contributed by atoms with E-state index in [0.717, 1.165) is 37.0 Å². The molecule has 0 aromatic carbocycles. The summed E-state index contributed by atoms with van der Waals surface area (Å²) in [5.74, 6) is 0. The number of hydrogen-bond donors (Lipinski definition) is 0. The molecule has 0 saturated heterocycles. The molecule has 1 amide bonds. The van der Waals surface area contributed by atoms with Gasteiger partial charge in [0.1, 0.15) is 0 Å². The predicted octanol–water partition coefficient (Wildman–Crippen LogP) is 5.37. The molecule has 0 aromatic rings. The number of rotatable bonds is 13. The van der Waals surface area contributed by atoms with Gasteiger partial charge < -0.3 is 18.2 Å². The third-order valence-corrected chi connectivity index (χ3v) is 12.7. The molecule has 0 aromatic heterocycles. The van der Waals surface area contributed by atoms with E-state index in [0.29, 0.717) is 13.2 Å². The Labute approximate surface area is 157 Å². The number of amides is 1. The van der Waals surface area contributed by atoms with Gasteiger partial charge in [0.25, 0.3) is 8.32 Å². The molecule has 5 nitrogen and oxygen atoms in total. The Morgan fingerprint density at radius 2 is 1.64 bits per heavy atom. The van der Waals surface area contributed by atoms with Gasteiger partial charge >= 0.3 is 14.7 Å². The van der Waals surface area contributed by atoms with E-state index in [-0.39, 0.29) is 12.2 Å². The van der Waals surface area contributed by atoms with Gasteiger partial charge in [-0.3, -0.25) is 0 Å². The second kappa shape index (κ2) is 12.1. The van der Waals surface area contributed by atoms with Crippen LogP contribution in [0.2, 0.25) is 30.7 Å². The molecule has 0 aliphatic heterocycles. The Morgan fingerprint density at radius 3 is 2.08 bits per heavy atom. The fourth-order valence-corrected chi connectivity index (χ4v) is 8.16. The summed E-state index contributed by atoms with van der Waals surface area (Å²) in [4.78, 5) is 14.1. The third-order valence-electron chi connectivity index (χ3n) is 5.15. The van der Waals surface area contributed by atoms with Crippen molar-refractivity contribution in [3.05, 3.63) is 0 Å². The Balaban J connectivity index is 4.55. The summed E-state index contributed by atoms with van der Waals surface area (Å²) >= 11 is 0. The van der Waals surface area contributed by atoms with Gasteiger partial charge in [-0.15, -0.1) is 0 Å². The number of hydrogen-bond acceptors (Lipinski definition) is 4. The largest absolute Gasteiger partial charge is 0.503 e. The lowest BCUT2D eigenvalue weighted by atomic mass is 10.3. The van der Waals surface area contributed by atoms with Gasteiger partial charge in [-0.1, -0.05) is 27.7 Å². The summed E-state index contributed by atoms with van der Waals surface area (Å²) in [6.45, 7) is 16.1. The third kappa shape index (κ3) is 8.70. The van der Waals surface area contributed by atoms with Gasteiger partial charge in [-0.05, 0) is 57.4 Å². The summed E-state index contributed by atoms with van der Waals surface area (Å²) in [7, 11) is -2.23. The molecule has 0 aliphatic carbocycles. The SMILES string of the molecule is CCO[Si](C)(CCCN(C)C(=O)O[Si](CC)(CC)CC)OC(C)CC. The topological polar surface area (TPSA) is 48.0 Å². The molecule has 2 unspecified atom stereocenters. The normalized spacial score (nSPS) is 15.5. The Morgan fingerprint density at radius 1 is 1.08 bits per heavy atom. The van der Waals surface area contributed by atoms with Gasteiger partial charge in [0.2, 0.25) is 0 Å². The van der Waals surface area contributed by atoms with Crippen LogP contribution in [0.1, 0.15) is 54.4 Å². The molecule has 0 N–H and O–H groups in total. The Hall–Kier alpha value is -0.376. The van der Waals surface area contributed by atoms with Crippen LogP contribution >= 0.6 is 0 Å². The van der Waals surface area contributed by atoms with E-state index in [4.69, 9.17) is 13.3 Å². The van der Waals surface area contributed by atoms with E-state index in [2.05, 4.69) is 41.2 Å².